The van der Waals surface area contributed by atoms with Gasteiger partial charge in [-0.3, -0.25) is 4.98 Å². The summed E-state index contributed by atoms with van der Waals surface area (Å²) in [6.07, 6.45) is 4.02. The molecule has 1 aliphatic rings. The Bertz CT molecular complexity index is 968. The molecule has 1 saturated heterocycles. The van der Waals surface area contributed by atoms with E-state index in [2.05, 4.69) is 15.1 Å². The van der Waals surface area contributed by atoms with E-state index < -0.39 is 10.0 Å². The number of hydrogen-bond donors (Lipinski definition) is 0. The van der Waals surface area contributed by atoms with E-state index in [1.807, 2.05) is 42.5 Å². The molecule has 1 aliphatic heterocycles. The second-order valence-corrected chi connectivity index (χ2v) is 8.31. The Morgan fingerprint density at radius 1 is 1.08 bits per heavy atom. The van der Waals surface area contributed by atoms with Crippen LogP contribution in [-0.4, -0.2) is 40.9 Å². The maximum absolute atomic E-state index is 12.5. The van der Waals surface area contributed by atoms with Crippen LogP contribution in [0.3, 0.4) is 0 Å². The fraction of sp³-hybridized carbons (Fsp3) is 0.278. The average molecular weight is 370 g/mol. The summed E-state index contributed by atoms with van der Waals surface area (Å²) in [4.78, 5) is 8.46. The molecule has 26 heavy (non-hydrogen) atoms. The normalized spacial score (nSPS) is 15.7. The summed E-state index contributed by atoms with van der Waals surface area (Å²) in [5, 5.41) is 3.99. The van der Waals surface area contributed by atoms with Gasteiger partial charge in [-0.2, -0.15) is 9.29 Å². The van der Waals surface area contributed by atoms with E-state index in [0.29, 0.717) is 31.2 Å². The largest absolute Gasteiger partial charge is 0.339 e. The molecule has 8 heteroatoms. The fourth-order valence-electron chi connectivity index (χ4n) is 2.89. The van der Waals surface area contributed by atoms with Crippen molar-refractivity contribution in [2.75, 3.05) is 13.1 Å². The van der Waals surface area contributed by atoms with Crippen molar-refractivity contribution in [1.29, 1.82) is 0 Å². The highest BCUT2D eigenvalue weighted by molar-refractivity contribution is 7.88. The molecule has 1 fully saturated rings. The van der Waals surface area contributed by atoms with E-state index >= 15 is 0 Å². The van der Waals surface area contributed by atoms with Gasteiger partial charge < -0.3 is 4.52 Å². The third kappa shape index (κ3) is 3.66. The summed E-state index contributed by atoms with van der Waals surface area (Å²) in [5.41, 5.74) is 1.79. The van der Waals surface area contributed by atoms with Gasteiger partial charge in [0.2, 0.25) is 15.9 Å². The van der Waals surface area contributed by atoms with Crippen molar-refractivity contribution in [3.8, 4) is 0 Å². The van der Waals surface area contributed by atoms with Crippen molar-refractivity contribution in [1.82, 2.24) is 19.4 Å². The topological polar surface area (TPSA) is 89.2 Å². The van der Waals surface area contributed by atoms with E-state index in [1.54, 1.807) is 12.4 Å². The van der Waals surface area contributed by atoms with Crippen LogP contribution in [0.15, 0.2) is 59.4 Å². The molecule has 2 aromatic heterocycles. The first-order valence-corrected chi connectivity index (χ1v) is 9.94. The first-order chi connectivity index (χ1) is 12.6. The van der Waals surface area contributed by atoms with Crippen molar-refractivity contribution in [3.05, 3.63) is 77.7 Å². The van der Waals surface area contributed by atoms with E-state index in [0.717, 1.165) is 11.1 Å². The molecular weight excluding hydrogens is 352 g/mol. The maximum atomic E-state index is 12.5. The molecule has 3 aromatic rings. The molecule has 0 saturated carbocycles. The number of aromatic nitrogens is 3. The van der Waals surface area contributed by atoms with Gasteiger partial charge in [-0.1, -0.05) is 41.6 Å². The maximum Gasteiger partial charge on any atom is 0.232 e. The lowest BCUT2D eigenvalue weighted by Crippen LogP contribution is -2.48. The Morgan fingerprint density at radius 3 is 2.58 bits per heavy atom. The van der Waals surface area contributed by atoms with Crippen molar-refractivity contribution in [2.24, 2.45) is 0 Å². The minimum absolute atomic E-state index is 0.0106. The van der Waals surface area contributed by atoms with Gasteiger partial charge in [0.05, 0.1) is 11.7 Å². The first-order valence-electron chi connectivity index (χ1n) is 8.33. The van der Waals surface area contributed by atoms with Crippen molar-refractivity contribution >= 4 is 10.0 Å². The van der Waals surface area contributed by atoms with Crippen LogP contribution < -0.4 is 0 Å². The monoisotopic (exact) mass is 370 g/mol. The smallest absolute Gasteiger partial charge is 0.232 e. The minimum atomic E-state index is -3.32. The molecule has 1 aromatic carbocycles. The third-order valence-corrected chi connectivity index (χ3v) is 6.13. The molecule has 0 unspecified atom stereocenters. The van der Waals surface area contributed by atoms with Crippen LogP contribution in [0.1, 0.15) is 28.8 Å². The van der Waals surface area contributed by atoms with E-state index in [1.165, 1.54) is 4.31 Å². The SMILES string of the molecule is O=S(=O)(Cc1ccccc1)N1CC(c2nc(Cc3cccnc3)no2)C1. The second-order valence-electron chi connectivity index (χ2n) is 6.34. The molecule has 0 radical (unpaired) electrons. The molecule has 0 amide bonds. The highest BCUT2D eigenvalue weighted by atomic mass is 32.2. The number of sulfonamides is 1. The highest BCUT2D eigenvalue weighted by Crippen LogP contribution is 2.29. The van der Waals surface area contributed by atoms with Gasteiger partial charge in [0.15, 0.2) is 5.82 Å². The number of pyridine rings is 1. The Labute approximate surface area is 151 Å². The van der Waals surface area contributed by atoms with Crippen molar-refractivity contribution < 1.29 is 12.9 Å². The van der Waals surface area contributed by atoms with Gasteiger partial charge in [-0.15, -0.1) is 0 Å². The quantitative estimate of drug-likeness (QED) is 0.659. The Morgan fingerprint density at radius 2 is 1.85 bits per heavy atom. The predicted molar refractivity (Wildman–Crippen MR) is 94.7 cm³/mol. The summed E-state index contributed by atoms with van der Waals surface area (Å²) >= 11 is 0. The molecule has 7 nitrogen and oxygen atoms in total. The number of hydrogen-bond acceptors (Lipinski definition) is 6. The van der Waals surface area contributed by atoms with Crippen LogP contribution in [0.5, 0.6) is 0 Å². The molecule has 0 atom stereocenters. The molecule has 134 valence electrons. The summed E-state index contributed by atoms with van der Waals surface area (Å²) in [6.45, 7) is 0.757. The summed E-state index contributed by atoms with van der Waals surface area (Å²) in [6, 6.07) is 13.0. The summed E-state index contributed by atoms with van der Waals surface area (Å²) in [5.74, 6) is 1.04. The lowest BCUT2D eigenvalue weighted by Gasteiger charge is -2.35. The Kier molecular flexibility index (Phi) is 4.52. The zero-order valence-corrected chi connectivity index (χ0v) is 14.8. The molecule has 3 heterocycles. The number of nitrogens with zero attached hydrogens (tertiary/aromatic N) is 4. The van der Waals surface area contributed by atoms with Crippen LogP contribution in [-0.2, 0) is 22.2 Å². The highest BCUT2D eigenvalue weighted by Gasteiger charge is 2.39. The zero-order valence-electron chi connectivity index (χ0n) is 14.0. The predicted octanol–water partition coefficient (Wildman–Crippen LogP) is 1.98. The van der Waals surface area contributed by atoms with E-state index in [9.17, 15) is 8.42 Å². The summed E-state index contributed by atoms with van der Waals surface area (Å²) in [7, 11) is -3.32. The lowest BCUT2D eigenvalue weighted by molar-refractivity contribution is 0.216. The third-order valence-electron chi connectivity index (χ3n) is 4.35. The standard InChI is InChI=1S/C18H18N4O3S/c23-26(24,13-14-5-2-1-3-6-14)22-11-16(12-22)18-20-17(21-25-18)9-15-7-4-8-19-10-15/h1-8,10,16H,9,11-13H2. The van der Waals surface area contributed by atoms with E-state index in [-0.39, 0.29) is 11.7 Å². The van der Waals surface area contributed by atoms with Crippen LogP contribution in [0.25, 0.3) is 0 Å². The van der Waals surface area contributed by atoms with Gasteiger partial charge in [0, 0.05) is 31.9 Å². The number of rotatable bonds is 6. The second kappa shape index (κ2) is 6.97. The van der Waals surface area contributed by atoms with Crippen molar-refractivity contribution in [2.45, 2.75) is 18.1 Å². The summed E-state index contributed by atoms with van der Waals surface area (Å²) < 4.78 is 31.7. The molecular formula is C18H18N4O3S. The van der Waals surface area contributed by atoms with Gasteiger partial charge in [-0.05, 0) is 17.2 Å². The zero-order chi connectivity index (χ0) is 18.0. The Hall–Kier alpha value is -2.58. The average Bonchev–Trinajstić information content (AvgIpc) is 3.02. The van der Waals surface area contributed by atoms with Gasteiger partial charge >= 0.3 is 0 Å². The first kappa shape index (κ1) is 16.9. The molecule has 0 bridgehead atoms. The molecule has 0 aliphatic carbocycles. The molecule has 0 N–H and O–H groups in total. The number of benzene rings is 1. The van der Waals surface area contributed by atoms with Gasteiger partial charge in [0.1, 0.15) is 0 Å². The van der Waals surface area contributed by atoms with Crippen LogP contribution in [0.4, 0.5) is 0 Å². The fourth-order valence-corrected chi connectivity index (χ4v) is 4.50. The molecule has 0 spiro atoms. The van der Waals surface area contributed by atoms with Gasteiger partial charge in [0.25, 0.3) is 0 Å². The lowest BCUT2D eigenvalue weighted by atomic mass is 10.0. The van der Waals surface area contributed by atoms with E-state index in [4.69, 9.17) is 4.52 Å². The van der Waals surface area contributed by atoms with Crippen LogP contribution >= 0.6 is 0 Å². The Balaban J connectivity index is 1.36. The van der Waals surface area contributed by atoms with Crippen LogP contribution in [0.2, 0.25) is 0 Å². The van der Waals surface area contributed by atoms with Crippen molar-refractivity contribution in [3.63, 3.8) is 0 Å². The minimum Gasteiger partial charge on any atom is -0.339 e. The van der Waals surface area contributed by atoms with Gasteiger partial charge in [-0.25, -0.2) is 8.42 Å². The van der Waals surface area contributed by atoms with Crippen LogP contribution in [0, 0.1) is 0 Å². The molecule has 4 rings (SSSR count).